The molecule has 11 nitrogen and oxygen atoms in total. The second-order valence-corrected chi connectivity index (χ2v) is 13.9. The molecule has 0 bridgehead atoms. The van der Waals surface area contributed by atoms with Crippen LogP contribution in [0.5, 0.6) is 0 Å². The number of benzene rings is 3. The number of anilines is 1. The maximum atomic E-state index is 13.5. The van der Waals surface area contributed by atoms with E-state index < -0.39 is 34.1 Å². The quantitative estimate of drug-likeness (QED) is 0.181. The summed E-state index contributed by atoms with van der Waals surface area (Å²) in [4.78, 5) is 39.7. The zero-order chi connectivity index (χ0) is 35.6. The number of aryl methyl sites for hydroxylation is 1. The van der Waals surface area contributed by atoms with Gasteiger partial charge in [0.15, 0.2) is 5.96 Å². The van der Waals surface area contributed by atoms with Crippen molar-refractivity contribution in [3.05, 3.63) is 71.8 Å². The number of carbonyl (C=O) groups excluding carboxylic acids is 2. The van der Waals surface area contributed by atoms with Gasteiger partial charge >= 0.3 is 12.1 Å². The molecule has 0 saturated heterocycles. The highest BCUT2D eigenvalue weighted by atomic mass is 32.2. The number of carboxylic acids is 1. The number of rotatable bonds is 9. The fourth-order valence-electron chi connectivity index (χ4n) is 5.20. The predicted octanol–water partition coefficient (Wildman–Crippen LogP) is 4.98. The molecule has 4 rings (SSSR count). The molecule has 1 atom stereocenters. The highest BCUT2D eigenvalue weighted by Gasteiger charge is 2.38. The van der Waals surface area contributed by atoms with Gasteiger partial charge in [-0.3, -0.25) is 14.9 Å². The Balaban J connectivity index is 0.000000804. The molecule has 3 aromatic rings. The number of nitrogens with zero attached hydrogens (tertiary/aromatic N) is 2. The summed E-state index contributed by atoms with van der Waals surface area (Å²) in [5.41, 5.74) is 8.10. The van der Waals surface area contributed by atoms with E-state index in [-0.39, 0.29) is 23.2 Å². The van der Waals surface area contributed by atoms with E-state index >= 15 is 0 Å². The average Bonchev–Trinajstić information content (AvgIpc) is 3.01. The molecule has 15 heteroatoms. The van der Waals surface area contributed by atoms with E-state index in [0.717, 1.165) is 46.3 Å². The zero-order valence-corrected chi connectivity index (χ0v) is 27.7. The lowest BCUT2D eigenvalue weighted by atomic mass is 9.84. The molecule has 0 aliphatic heterocycles. The second kappa shape index (κ2) is 16.6. The van der Waals surface area contributed by atoms with Crippen LogP contribution in [0.1, 0.15) is 49.7 Å². The molecule has 48 heavy (non-hydrogen) atoms. The topological polar surface area (TPSA) is 171 Å². The lowest BCUT2D eigenvalue weighted by Crippen LogP contribution is -2.40. The Bertz CT molecular complexity index is 1760. The van der Waals surface area contributed by atoms with Crippen LogP contribution >= 0.6 is 0 Å². The maximum Gasteiger partial charge on any atom is 0.490 e. The van der Waals surface area contributed by atoms with E-state index in [1.54, 1.807) is 13.0 Å². The Kier molecular flexibility index (Phi) is 13.1. The van der Waals surface area contributed by atoms with Gasteiger partial charge in [0.25, 0.3) is 0 Å². The third kappa shape index (κ3) is 11.0. The van der Waals surface area contributed by atoms with E-state index in [1.807, 2.05) is 42.5 Å². The van der Waals surface area contributed by atoms with Crippen molar-refractivity contribution in [1.82, 2.24) is 9.62 Å². The van der Waals surface area contributed by atoms with Gasteiger partial charge < -0.3 is 16.2 Å². The summed E-state index contributed by atoms with van der Waals surface area (Å²) in [6.45, 7) is 1.79. The van der Waals surface area contributed by atoms with Crippen LogP contribution in [0.4, 0.5) is 18.9 Å². The molecule has 1 aliphatic rings. The molecule has 5 N–H and O–H groups in total. The highest BCUT2D eigenvalue weighted by Crippen LogP contribution is 2.29. The van der Waals surface area contributed by atoms with Crippen LogP contribution in [0.15, 0.2) is 70.6 Å². The number of aliphatic carboxylic acids is 1. The van der Waals surface area contributed by atoms with Crippen molar-refractivity contribution >= 4 is 50.2 Å². The molecule has 3 aromatic carbocycles. The van der Waals surface area contributed by atoms with Gasteiger partial charge in [-0.15, -0.1) is 0 Å². The third-order valence-corrected chi connectivity index (χ3v) is 9.62. The van der Waals surface area contributed by atoms with E-state index in [0.29, 0.717) is 23.6 Å². The Morgan fingerprint density at radius 1 is 1.00 bits per heavy atom. The fraction of sp³-hybridized carbons (Fsp3) is 0.394. The Morgan fingerprint density at radius 3 is 2.23 bits per heavy atom. The lowest BCUT2D eigenvalue weighted by molar-refractivity contribution is -0.192. The fourth-order valence-corrected chi connectivity index (χ4v) is 6.13. The van der Waals surface area contributed by atoms with Crippen LogP contribution in [-0.4, -0.2) is 67.9 Å². The van der Waals surface area contributed by atoms with Crippen LogP contribution in [0.2, 0.25) is 0 Å². The number of hydrogen-bond donors (Lipinski definition) is 4. The molecule has 2 amide bonds. The Morgan fingerprint density at radius 2 is 1.62 bits per heavy atom. The number of nitrogens with two attached hydrogens (primary N) is 1. The van der Waals surface area contributed by atoms with Gasteiger partial charge in [0.2, 0.25) is 21.8 Å². The molecule has 1 fully saturated rings. The summed E-state index contributed by atoms with van der Waals surface area (Å²) in [5, 5.41) is 14.8. The van der Waals surface area contributed by atoms with Gasteiger partial charge in [-0.05, 0) is 53.3 Å². The first-order valence-electron chi connectivity index (χ1n) is 15.2. The molecule has 0 aromatic heterocycles. The van der Waals surface area contributed by atoms with Crippen LogP contribution < -0.4 is 16.4 Å². The molecule has 0 unspecified atom stereocenters. The largest absolute Gasteiger partial charge is 0.490 e. The number of alkyl halides is 3. The maximum absolute atomic E-state index is 13.5. The molecular weight excluding hydrogens is 651 g/mol. The molecule has 0 heterocycles. The molecule has 0 spiro atoms. The zero-order valence-electron chi connectivity index (χ0n) is 26.9. The minimum Gasteiger partial charge on any atom is -0.475 e. The standard InChI is InChI=1S/C31H39N5O4S.C2HF3O2/c1-21-13-16-26(41(39,40)36(2)3)20-27(21)33-30(38)28(18-22-9-5-4-6-10-22)34-31(32)35-29(37)19-23-14-15-24-11-7-8-12-25(24)17-23;3-2(4,5)1(6)7/h7-8,11-17,20,22,28H,4-6,9-10,18-19H2,1-3H3,(H,33,38)(H3,32,34,35,37);(H,6,7)/t28-;/m1./s1. The number of amides is 2. The lowest BCUT2D eigenvalue weighted by Gasteiger charge is -2.25. The highest BCUT2D eigenvalue weighted by molar-refractivity contribution is 7.89. The summed E-state index contributed by atoms with van der Waals surface area (Å²) < 4.78 is 58.2. The summed E-state index contributed by atoms with van der Waals surface area (Å²) in [7, 11) is -0.763. The normalized spacial score (nSPS) is 14.9. The van der Waals surface area contributed by atoms with Crippen LogP contribution in [-0.2, 0) is 30.8 Å². The van der Waals surface area contributed by atoms with Crippen molar-refractivity contribution in [2.75, 3.05) is 19.4 Å². The summed E-state index contributed by atoms with van der Waals surface area (Å²) in [6.07, 6.45) is 0.908. The number of hydrogen-bond acceptors (Lipinski definition) is 6. The minimum atomic E-state index is -5.08. The average molecular weight is 692 g/mol. The van der Waals surface area contributed by atoms with Gasteiger partial charge in [-0.1, -0.05) is 80.6 Å². The van der Waals surface area contributed by atoms with E-state index in [4.69, 9.17) is 15.6 Å². The van der Waals surface area contributed by atoms with Crippen LogP contribution in [0.3, 0.4) is 0 Å². The van der Waals surface area contributed by atoms with Crippen molar-refractivity contribution < 1.29 is 41.1 Å². The number of sulfonamides is 1. The minimum absolute atomic E-state index is 0.0798. The van der Waals surface area contributed by atoms with E-state index in [9.17, 15) is 31.2 Å². The first-order chi connectivity index (χ1) is 22.5. The Hall–Kier alpha value is -4.50. The number of aliphatic imine (C=N–C) groups is 1. The van der Waals surface area contributed by atoms with Gasteiger partial charge in [-0.25, -0.2) is 22.5 Å². The second-order valence-electron chi connectivity index (χ2n) is 11.7. The van der Waals surface area contributed by atoms with Gasteiger partial charge in [-0.2, -0.15) is 13.2 Å². The smallest absolute Gasteiger partial charge is 0.475 e. The van der Waals surface area contributed by atoms with Crippen molar-refractivity contribution in [1.29, 1.82) is 0 Å². The van der Waals surface area contributed by atoms with Crippen molar-refractivity contribution in [3.8, 4) is 0 Å². The Labute approximate surface area is 277 Å². The predicted molar refractivity (Wildman–Crippen MR) is 177 cm³/mol. The van der Waals surface area contributed by atoms with E-state index in [2.05, 4.69) is 15.6 Å². The number of guanidine groups is 1. The summed E-state index contributed by atoms with van der Waals surface area (Å²) in [6, 6.07) is 17.6. The number of nitrogens with one attached hydrogen (secondary N) is 2. The number of fused-ring (bicyclic) bond motifs is 1. The summed E-state index contributed by atoms with van der Waals surface area (Å²) >= 11 is 0. The van der Waals surface area contributed by atoms with Crippen LogP contribution in [0, 0.1) is 12.8 Å². The SMILES string of the molecule is Cc1ccc(S(=O)(=O)N(C)C)cc1NC(=O)[C@@H](CC1CCCCC1)N=C(N)NC(=O)Cc1ccc2ccccc2c1.O=C(O)C(F)(F)F. The number of carboxylic acid groups (broad SMARTS) is 1. The van der Waals surface area contributed by atoms with Gasteiger partial charge in [0, 0.05) is 19.8 Å². The monoisotopic (exact) mass is 691 g/mol. The van der Waals surface area contributed by atoms with E-state index in [1.165, 1.54) is 32.6 Å². The van der Waals surface area contributed by atoms with Gasteiger partial charge in [0.05, 0.1) is 11.3 Å². The third-order valence-electron chi connectivity index (χ3n) is 7.81. The molecule has 1 saturated carbocycles. The van der Waals surface area contributed by atoms with Crippen molar-refractivity contribution in [3.63, 3.8) is 0 Å². The summed E-state index contributed by atoms with van der Waals surface area (Å²) in [5.74, 6) is -3.29. The number of carbonyl (C=O) groups is 3. The van der Waals surface area contributed by atoms with Gasteiger partial charge in [0.1, 0.15) is 6.04 Å². The first kappa shape index (κ1) is 38.0. The molecular formula is C33H40F3N5O6S. The molecule has 260 valence electrons. The van der Waals surface area contributed by atoms with Crippen molar-refractivity contribution in [2.45, 2.75) is 69.0 Å². The van der Waals surface area contributed by atoms with Crippen molar-refractivity contribution in [2.24, 2.45) is 16.6 Å². The first-order valence-corrected chi connectivity index (χ1v) is 16.7. The molecule has 0 radical (unpaired) electrons. The number of halogens is 3. The van der Waals surface area contributed by atoms with Crippen LogP contribution in [0.25, 0.3) is 10.8 Å². The molecule has 1 aliphatic carbocycles.